The minimum atomic E-state index is -0.284. The van der Waals surface area contributed by atoms with Gasteiger partial charge in [-0.3, -0.25) is 4.79 Å². The molecule has 0 radical (unpaired) electrons. The fourth-order valence-corrected chi connectivity index (χ4v) is 3.69. The van der Waals surface area contributed by atoms with Gasteiger partial charge in [0.1, 0.15) is 5.75 Å². The number of rotatable bonds is 8. The third kappa shape index (κ3) is 5.07. The highest BCUT2D eigenvalue weighted by Gasteiger charge is 2.21. The number of aromatic nitrogens is 5. The first-order valence-electron chi connectivity index (χ1n) is 9.55. The van der Waals surface area contributed by atoms with Crippen LogP contribution in [0.3, 0.4) is 0 Å². The Bertz CT molecular complexity index is 1130. The zero-order chi connectivity index (χ0) is 21.5. The predicted octanol–water partition coefficient (Wildman–Crippen LogP) is 3.29. The Morgan fingerprint density at radius 1 is 1.03 bits per heavy atom. The van der Waals surface area contributed by atoms with Crippen LogP contribution in [0.4, 0.5) is 0 Å². The van der Waals surface area contributed by atoms with Crippen molar-refractivity contribution in [2.24, 2.45) is 0 Å². The summed E-state index contributed by atoms with van der Waals surface area (Å²) < 4.78 is 6.89. The summed E-state index contributed by atoms with van der Waals surface area (Å²) in [6.45, 7) is 0.406. The van der Waals surface area contributed by atoms with E-state index in [9.17, 15) is 4.79 Å². The molecular weight excluding hydrogens is 412 g/mol. The van der Waals surface area contributed by atoms with Crippen LogP contribution in [0, 0.1) is 0 Å². The van der Waals surface area contributed by atoms with Crippen LogP contribution in [0.15, 0.2) is 78.2 Å². The van der Waals surface area contributed by atoms with E-state index in [-0.39, 0.29) is 11.6 Å². The molecule has 8 nitrogen and oxygen atoms in total. The lowest BCUT2D eigenvalue weighted by Gasteiger charge is -2.09. The van der Waals surface area contributed by atoms with Crippen molar-refractivity contribution in [1.82, 2.24) is 30.3 Å². The smallest absolute Gasteiger partial charge is 0.274 e. The Balaban J connectivity index is 1.60. The number of benzene rings is 2. The monoisotopic (exact) mass is 432 g/mol. The van der Waals surface area contributed by atoms with Gasteiger partial charge in [0.05, 0.1) is 18.5 Å². The van der Waals surface area contributed by atoms with E-state index in [1.54, 1.807) is 30.3 Å². The maximum absolute atomic E-state index is 12.9. The number of nitrogens with one attached hydrogen (secondary N) is 1. The molecule has 0 bridgehead atoms. The van der Waals surface area contributed by atoms with E-state index in [4.69, 9.17) is 4.74 Å². The van der Waals surface area contributed by atoms with E-state index < -0.39 is 0 Å². The molecule has 1 N–H and O–H groups in total. The molecule has 0 unspecified atom stereocenters. The van der Waals surface area contributed by atoms with E-state index >= 15 is 0 Å². The molecule has 0 saturated heterocycles. The first-order chi connectivity index (χ1) is 15.2. The van der Waals surface area contributed by atoms with Gasteiger partial charge < -0.3 is 10.1 Å². The number of nitrogens with zero attached hydrogens (tertiary/aromatic N) is 5. The van der Waals surface area contributed by atoms with Gasteiger partial charge in [-0.2, -0.15) is 0 Å². The van der Waals surface area contributed by atoms with Gasteiger partial charge in [-0.1, -0.05) is 47.3 Å². The lowest BCUT2D eigenvalue weighted by Crippen LogP contribution is -2.24. The highest BCUT2D eigenvalue weighted by atomic mass is 32.2. The average molecular weight is 433 g/mol. The first-order valence-corrected chi connectivity index (χ1v) is 10.5. The number of methoxy groups -OCH3 is 1. The molecule has 0 saturated carbocycles. The maximum Gasteiger partial charge on any atom is 0.274 e. The third-order valence-corrected chi connectivity index (χ3v) is 5.36. The molecule has 2 heterocycles. The SMILES string of the molecule is COc1ccc(-n2nnc(C(=O)NCc3ccccc3)c2CSc2ncccn2)cc1. The largest absolute Gasteiger partial charge is 0.497 e. The Morgan fingerprint density at radius 3 is 2.48 bits per heavy atom. The second kappa shape index (κ2) is 9.86. The van der Waals surface area contributed by atoms with Gasteiger partial charge in [0.2, 0.25) is 0 Å². The quantitative estimate of drug-likeness (QED) is 0.337. The Labute approximate surface area is 183 Å². The Hall–Kier alpha value is -3.72. The molecule has 0 aliphatic heterocycles. The molecule has 156 valence electrons. The molecule has 0 atom stereocenters. The lowest BCUT2D eigenvalue weighted by molar-refractivity contribution is 0.0945. The van der Waals surface area contributed by atoms with Crippen molar-refractivity contribution in [2.45, 2.75) is 17.5 Å². The highest BCUT2D eigenvalue weighted by Crippen LogP contribution is 2.23. The molecule has 9 heteroatoms. The van der Waals surface area contributed by atoms with Crippen molar-refractivity contribution in [3.05, 3.63) is 90.0 Å². The molecule has 0 aliphatic rings. The van der Waals surface area contributed by atoms with Crippen LogP contribution in [0.1, 0.15) is 21.7 Å². The zero-order valence-electron chi connectivity index (χ0n) is 16.8. The molecule has 1 amide bonds. The van der Waals surface area contributed by atoms with Gasteiger partial charge in [-0.15, -0.1) is 5.10 Å². The summed E-state index contributed by atoms with van der Waals surface area (Å²) >= 11 is 1.41. The summed E-state index contributed by atoms with van der Waals surface area (Å²) in [7, 11) is 1.61. The predicted molar refractivity (Wildman–Crippen MR) is 117 cm³/mol. The second-order valence-electron chi connectivity index (χ2n) is 6.48. The second-order valence-corrected chi connectivity index (χ2v) is 7.43. The summed E-state index contributed by atoms with van der Waals surface area (Å²) in [5.74, 6) is 0.878. The summed E-state index contributed by atoms with van der Waals surface area (Å²) in [6, 6.07) is 18.9. The van der Waals surface area contributed by atoms with Gasteiger partial charge >= 0.3 is 0 Å². The normalized spacial score (nSPS) is 10.6. The number of carbonyl (C=O) groups excluding carboxylic acids is 1. The van der Waals surface area contributed by atoms with E-state index in [2.05, 4.69) is 25.6 Å². The van der Waals surface area contributed by atoms with Crippen molar-refractivity contribution in [3.8, 4) is 11.4 Å². The number of hydrogen-bond donors (Lipinski definition) is 1. The van der Waals surface area contributed by atoms with Gasteiger partial charge in [0.15, 0.2) is 10.9 Å². The minimum absolute atomic E-state index is 0.273. The van der Waals surface area contributed by atoms with E-state index in [1.807, 2.05) is 54.6 Å². The van der Waals surface area contributed by atoms with Crippen LogP contribution in [0.2, 0.25) is 0 Å². The fourth-order valence-electron chi connectivity index (χ4n) is 2.89. The zero-order valence-corrected chi connectivity index (χ0v) is 17.6. The summed E-state index contributed by atoms with van der Waals surface area (Å²) in [6.07, 6.45) is 3.36. The van der Waals surface area contributed by atoms with Crippen LogP contribution in [0.25, 0.3) is 5.69 Å². The topological polar surface area (TPSA) is 94.8 Å². The van der Waals surface area contributed by atoms with Crippen molar-refractivity contribution in [1.29, 1.82) is 0 Å². The Morgan fingerprint density at radius 2 is 1.77 bits per heavy atom. The van der Waals surface area contributed by atoms with Gasteiger partial charge in [0, 0.05) is 24.7 Å². The van der Waals surface area contributed by atoms with Crippen molar-refractivity contribution < 1.29 is 9.53 Å². The van der Waals surface area contributed by atoms with Crippen molar-refractivity contribution in [2.75, 3.05) is 7.11 Å². The Kier molecular flexibility index (Phi) is 6.53. The van der Waals surface area contributed by atoms with Gasteiger partial charge in [0.25, 0.3) is 5.91 Å². The van der Waals surface area contributed by atoms with Gasteiger partial charge in [-0.05, 0) is 35.9 Å². The molecule has 4 rings (SSSR count). The third-order valence-electron chi connectivity index (χ3n) is 4.47. The van der Waals surface area contributed by atoms with Crippen LogP contribution in [-0.2, 0) is 12.3 Å². The summed E-state index contributed by atoms with van der Waals surface area (Å²) in [4.78, 5) is 21.4. The van der Waals surface area contributed by atoms with Crippen LogP contribution >= 0.6 is 11.8 Å². The van der Waals surface area contributed by atoms with E-state index in [0.29, 0.717) is 23.1 Å². The first kappa shape index (κ1) is 20.5. The number of carbonyl (C=O) groups is 1. The average Bonchev–Trinajstić information content (AvgIpc) is 3.26. The van der Waals surface area contributed by atoms with Crippen LogP contribution in [0.5, 0.6) is 5.75 Å². The fraction of sp³-hybridized carbons (Fsp3) is 0.136. The number of ether oxygens (including phenoxy) is 1. The molecule has 4 aromatic rings. The van der Waals surface area contributed by atoms with Gasteiger partial charge in [-0.25, -0.2) is 14.6 Å². The van der Waals surface area contributed by atoms with Crippen LogP contribution < -0.4 is 10.1 Å². The van der Waals surface area contributed by atoms with Crippen LogP contribution in [-0.4, -0.2) is 38.0 Å². The molecule has 0 aliphatic carbocycles. The van der Waals surface area contributed by atoms with Crippen molar-refractivity contribution >= 4 is 17.7 Å². The van der Waals surface area contributed by atoms with E-state index in [0.717, 1.165) is 17.0 Å². The molecule has 2 aromatic heterocycles. The number of thioether (sulfide) groups is 1. The minimum Gasteiger partial charge on any atom is -0.497 e. The molecule has 31 heavy (non-hydrogen) atoms. The molecule has 0 spiro atoms. The molecule has 2 aromatic carbocycles. The van der Waals surface area contributed by atoms with E-state index in [1.165, 1.54) is 11.8 Å². The highest BCUT2D eigenvalue weighted by molar-refractivity contribution is 7.98. The summed E-state index contributed by atoms with van der Waals surface area (Å²) in [5.41, 5.74) is 2.72. The maximum atomic E-state index is 12.9. The summed E-state index contributed by atoms with van der Waals surface area (Å²) in [5, 5.41) is 11.9. The van der Waals surface area contributed by atoms with Crippen molar-refractivity contribution in [3.63, 3.8) is 0 Å². The number of hydrogen-bond acceptors (Lipinski definition) is 7. The molecular formula is C22H20N6O2S. The molecule has 0 fully saturated rings. The standard InChI is InChI=1S/C22H20N6O2S/c1-30-18-10-8-17(9-11-18)28-19(15-31-22-23-12-5-13-24-22)20(26-27-28)21(29)25-14-16-6-3-2-4-7-16/h2-13H,14-15H2,1H3,(H,25,29). The lowest BCUT2D eigenvalue weighted by atomic mass is 10.2. The number of amides is 1.